The summed E-state index contributed by atoms with van der Waals surface area (Å²) in [5.41, 5.74) is 0. The normalized spacial score (nSPS) is 15.1. The first-order valence-electron chi connectivity index (χ1n) is 33.8. The van der Waals surface area contributed by atoms with E-state index < -0.39 is 18.2 Å². The van der Waals surface area contributed by atoms with Crippen molar-refractivity contribution in [1.82, 2.24) is 25.3 Å². The van der Waals surface area contributed by atoms with Crippen LogP contribution >= 0.6 is 21.6 Å². The fraction of sp³-hybridized carbons (Fsp3) is 0.969. The molecule has 1 saturated heterocycles. The van der Waals surface area contributed by atoms with Crippen molar-refractivity contribution < 1.29 is 30.0 Å². The van der Waals surface area contributed by atoms with Gasteiger partial charge in [-0.3, -0.25) is 19.4 Å². The van der Waals surface area contributed by atoms with Gasteiger partial charge in [0.1, 0.15) is 6.04 Å². The summed E-state index contributed by atoms with van der Waals surface area (Å²) in [6.45, 7) is 17.0. The largest absolute Gasteiger partial charge is 0.392 e. The molecule has 5 unspecified atom stereocenters. The lowest BCUT2D eigenvalue weighted by atomic mass is 10.0. The molecule has 1 rings (SSSR count). The summed E-state index contributed by atoms with van der Waals surface area (Å²) in [6, 6.07) is -0.571. The Morgan fingerprint density at radius 2 is 0.808 bits per heavy atom. The molecule has 6 N–H and O–H groups in total. The quantitative estimate of drug-likeness (QED) is 0.0255. The van der Waals surface area contributed by atoms with Gasteiger partial charge in [-0.25, -0.2) is 0 Å². The van der Waals surface area contributed by atoms with Gasteiger partial charge in [0.15, 0.2) is 0 Å². The van der Waals surface area contributed by atoms with E-state index in [0.29, 0.717) is 52.0 Å². The van der Waals surface area contributed by atoms with Crippen LogP contribution < -0.4 is 10.6 Å². The van der Waals surface area contributed by atoms with Gasteiger partial charge in [0.05, 0.1) is 24.4 Å². The highest BCUT2D eigenvalue weighted by Gasteiger charge is 2.22. The van der Waals surface area contributed by atoms with Crippen LogP contribution in [0.1, 0.15) is 297 Å². The molecule has 0 aromatic rings. The van der Waals surface area contributed by atoms with Gasteiger partial charge in [0.2, 0.25) is 11.8 Å². The number of aliphatic hydroxyl groups excluding tert-OH is 4. The van der Waals surface area contributed by atoms with Crippen molar-refractivity contribution in [2.24, 2.45) is 0 Å². The van der Waals surface area contributed by atoms with Gasteiger partial charge < -0.3 is 36.0 Å². The molecule has 0 spiro atoms. The Morgan fingerprint density at radius 1 is 0.436 bits per heavy atom. The molecular weight excluding hydrogens is 1010 g/mol. The van der Waals surface area contributed by atoms with Gasteiger partial charge in [-0.05, 0) is 116 Å². The molecule has 13 heteroatoms. The SMILES string of the molecule is CCCCCCCCCCC(O)CN(CCCCSSCCC(NC(=O)CCCCN(CC(O)CCCCCCCC)CC(O)CCCCCCCC)C(=O)NCCCCN1CCCC1)CC(O)CCCCCCCCCC. The Labute approximate surface area is 491 Å². The summed E-state index contributed by atoms with van der Waals surface area (Å²) in [4.78, 5) is 34.2. The minimum absolute atomic E-state index is 0.0880. The third kappa shape index (κ3) is 48.8. The number of nitrogens with zero attached hydrogens (tertiary/aromatic N) is 3. The Morgan fingerprint density at radius 3 is 1.22 bits per heavy atom. The second-order valence-electron chi connectivity index (χ2n) is 24.0. The van der Waals surface area contributed by atoms with Gasteiger partial charge in [-0.1, -0.05) is 229 Å². The fourth-order valence-corrected chi connectivity index (χ4v) is 13.4. The van der Waals surface area contributed by atoms with Crippen molar-refractivity contribution in [3.63, 3.8) is 0 Å². The summed E-state index contributed by atoms with van der Waals surface area (Å²) in [7, 11) is 3.62. The van der Waals surface area contributed by atoms with E-state index in [9.17, 15) is 30.0 Å². The molecule has 0 aromatic heterocycles. The molecule has 78 heavy (non-hydrogen) atoms. The Hall–Kier alpha value is -0.640. The van der Waals surface area contributed by atoms with Crippen LogP contribution in [0.4, 0.5) is 0 Å². The van der Waals surface area contributed by atoms with Crippen LogP contribution in [0.2, 0.25) is 0 Å². The molecule has 0 aromatic carbocycles. The summed E-state index contributed by atoms with van der Waals surface area (Å²) in [6.07, 6.45) is 45.2. The Bertz CT molecular complexity index is 1240. The first-order chi connectivity index (χ1) is 38.1. The number of unbranched alkanes of at least 4 members (excludes halogenated alkanes) is 27. The molecular formula is C65H131N5O6S2. The number of hydrogen-bond donors (Lipinski definition) is 6. The number of aliphatic hydroxyl groups is 4. The summed E-state index contributed by atoms with van der Waals surface area (Å²) >= 11 is 0. The monoisotopic (exact) mass is 1140 g/mol. The van der Waals surface area contributed by atoms with Gasteiger partial charge in [0.25, 0.3) is 0 Å². The molecule has 0 saturated carbocycles. The van der Waals surface area contributed by atoms with Crippen LogP contribution in [-0.2, 0) is 9.59 Å². The smallest absolute Gasteiger partial charge is 0.242 e. The minimum atomic E-state index is -0.571. The second-order valence-corrected chi connectivity index (χ2v) is 26.7. The molecule has 1 aliphatic rings. The van der Waals surface area contributed by atoms with E-state index >= 15 is 0 Å². The van der Waals surface area contributed by atoms with Crippen molar-refractivity contribution in [2.45, 2.75) is 328 Å². The highest BCUT2D eigenvalue weighted by atomic mass is 33.1. The maximum Gasteiger partial charge on any atom is 0.242 e. The third-order valence-corrected chi connectivity index (χ3v) is 18.7. The standard InChI is InChI=1S/C65H131N5O6S2/c1-5-9-13-17-21-23-27-31-43-61(73)57-70(58-62(74)44-32-28-24-22-18-14-10-6-2)52-39-40-53-77-78-54-46-63(65(76)66-47-34-36-48-68-49-37-38-50-68)67-64(75)45-33-35-51-69(55-59(71)41-29-25-19-15-11-7-3)56-60(72)42-30-26-20-16-12-8-4/h59-63,71-74H,5-58H2,1-4H3,(H,66,76)(H,67,75). The van der Waals surface area contributed by atoms with E-state index in [0.717, 1.165) is 127 Å². The summed E-state index contributed by atoms with van der Waals surface area (Å²) in [5.74, 6) is 1.57. The van der Waals surface area contributed by atoms with Crippen LogP contribution in [0, 0.1) is 0 Å². The summed E-state index contributed by atoms with van der Waals surface area (Å²) < 4.78 is 0. The molecule has 2 amide bonds. The average molecular weight is 1140 g/mol. The average Bonchev–Trinajstić information content (AvgIpc) is 3.95. The van der Waals surface area contributed by atoms with E-state index in [1.54, 1.807) is 10.8 Å². The minimum Gasteiger partial charge on any atom is -0.392 e. The van der Waals surface area contributed by atoms with Crippen LogP contribution in [0.25, 0.3) is 0 Å². The van der Waals surface area contributed by atoms with Crippen LogP contribution in [0.3, 0.4) is 0 Å². The number of amides is 2. The molecule has 1 fully saturated rings. The number of carbonyl (C=O) groups excluding carboxylic acids is 2. The molecule has 0 bridgehead atoms. The van der Waals surface area contributed by atoms with Crippen molar-refractivity contribution in [1.29, 1.82) is 0 Å². The summed E-state index contributed by atoms with van der Waals surface area (Å²) in [5, 5.41) is 50.6. The van der Waals surface area contributed by atoms with Crippen LogP contribution in [0.5, 0.6) is 0 Å². The number of likely N-dealkylation sites (tertiary alicyclic amines) is 1. The van der Waals surface area contributed by atoms with Crippen molar-refractivity contribution >= 4 is 33.4 Å². The predicted octanol–water partition coefficient (Wildman–Crippen LogP) is 14.8. The van der Waals surface area contributed by atoms with E-state index in [-0.39, 0.29) is 24.0 Å². The first-order valence-corrected chi connectivity index (χ1v) is 36.3. The van der Waals surface area contributed by atoms with E-state index in [2.05, 4.69) is 53.0 Å². The fourth-order valence-electron chi connectivity index (χ4n) is 11.2. The Balaban J connectivity index is 2.72. The van der Waals surface area contributed by atoms with Crippen molar-refractivity contribution in [3.8, 4) is 0 Å². The zero-order chi connectivity index (χ0) is 56.8. The number of rotatable bonds is 61. The van der Waals surface area contributed by atoms with Gasteiger partial charge in [0, 0.05) is 50.7 Å². The van der Waals surface area contributed by atoms with Crippen LogP contribution in [-0.4, -0.2) is 154 Å². The number of nitrogens with one attached hydrogen (secondary N) is 2. The molecule has 1 heterocycles. The van der Waals surface area contributed by atoms with Gasteiger partial charge in [-0.2, -0.15) is 0 Å². The second kappa shape index (κ2) is 56.8. The maximum absolute atomic E-state index is 13.6. The van der Waals surface area contributed by atoms with E-state index in [4.69, 9.17) is 0 Å². The molecule has 5 atom stereocenters. The zero-order valence-corrected chi connectivity index (χ0v) is 53.5. The zero-order valence-electron chi connectivity index (χ0n) is 51.8. The predicted molar refractivity (Wildman–Crippen MR) is 340 cm³/mol. The van der Waals surface area contributed by atoms with Crippen molar-refractivity contribution in [3.05, 3.63) is 0 Å². The third-order valence-electron chi connectivity index (χ3n) is 16.1. The number of hydrogen-bond acceptors (Lipinski definition) is 11. The van der Waals surface area contributed by atoms with E-state index in [1.165, 1.54) is 167 Å². The highest BCUT2D eigenvalue weighted by molar-refractivity contribution is 8.76. The lowest BCUT2D eigenvalue weighted by Crippen LogP contribution is -2.47. The van der Waals surface area contributed by atoms with Gasteiger partial charge >= 0.3 is 0 Å². The van der Waals surface area contributed by atoms with Crippen molar-refractivity contribution in [2.75, 3.05) is 77.0 Å². The molecule has 1 aliphatic heterocycles. The van der Waals surface area contributed by atoms with Crippen LogP contribution in [0.15, 0.2) is 0 Å². The first kappa shape index (κ1) is 75.4. The Kier molecular flexibility index (Phi) is 54.9. The number of carbonyl (C=O) groups is 2. The molecule has 464 valence electrons. The topological polar surface area (TPSA) is 149 Å². The van der Waals surface area contributed by atoms with Gasteiger partial charge in [-0.15, -0.1) is 0 Å². The highest BCUT2D eigenvalue weighted by Crippen LogP contribution is 2.25. The maximum atomic E-state index is 13.6. The molecule has 0 radical (unpaired) electrons. The van der Waals surface area contributed by atoms with E-state index in [1.807, 2.05) is 10.8 Å². The lowest BCUT2D eigenvalue weighted by molar-refractivity contribution is -0.129. The molecule has 0 aliphatic carbocycles. The molecule has 11 nitrogen and oxygen atoms in total. The lowest BCUT2D eigenvalue weighted by Gasteiger charge is -2.27.